The maximum atomic E-state index is 11.9. The minimum atomic E-state index is -0.716. The molecule has 6 nitrogen and oxygen atoms in total. The zero-order valence-electron chi connectivity index (χ0n) is 12.9. The molecule has 1 heterocycles. The van der Waals surface area contributed by atoms with E-state index in [9.17, 15) is 9.59 Å². The number of ether oxygens (including phenoxy) is 2. The van der Waals surface area contributed by atoms with Crippen LogP contribution in [0.4, 0.5) is 5.69 Å². The number of fused-ring (bicyclic) bond motifs is 1. The van der Waals surface area contributed by atoms with Gasteiger partial charge < -0.3 is 20.1 Å². The van der Waals surface area contributed by atoms with Crippen LogP contribution in [-0.2, 0) is 16.1 Å². The smallest absolute Gasteiger partial charge is 0.313 e. The average Bonchev–Trinajstić information content (AvgIpc) is 3.03. The fraction of sp³-hybridized carbons (Fsp3) is 0.176. The monoisotopic (exact) mass is 390 g/mol. The van der Waals surface area contributed by atoms with Gasteiger partial charge in [-0.1, -0.05) is 28.1 Å². The Kier molecular flexibility index (Phi) is 4.71. The third kappa shape index (κ3) is 3.68. The van der Waals surface area contributed by atoms with Gasteiger partial charge in [0.05, 0.1) is 0 Å². The number of amides is 2. The van der Waals surface area contributed by atoms with Crippen molar-refractivity contribution in [3.05, 3.63) is 52.0 Å². The van der Waals surface area contributed by atoms with Gasteiger partial charge in [-0.2, -0.15) is 0 Å². The van der Waals surface area contributed by atoms with Gasteiger partial charge in [0.2, 0.25) is 6.79 Å². The van der Waals surface area contributed by atoms with Crippen LogP contribution in [0.3, 0.4) is 0 Å². The van der Waals surface area contributed by atoms with Crippen molar-refractivity contribution in [2.24, 2.45) is 0 Å². The largest absolute Gasteiger partial charge is 0.454 e. The predicted octanol–water partition coefficient (Wildman–Crippen LogP) is 2.74. The lowest BCUT2D eigenvalue weighted by molar-refractivity contribution is -0.136. The quantitative estimate of drug-likeness (QED) is 0.789. The number of benzene rings is 2. The molecule has 2 aromatic rings. The van der Waals surface area contributed by atoms with Crippen molar-refractivity contribution >= 4 is 33.4 Å². The highest BCUT2D eigenvalue weighted by Crippen LogP contribution is 2.32. The van der Waals surface area contributed by atoms with E-state index in [2.05, 4.69) is 26.6 Å². The molecule has 0 atom stereocenters. The summed E-state index contributed by atoms with van der Waals surface area (Å²) >= 11 is 3.38. The van der Waals surface area contributed by atoms with E-state index in [1.54, 1.807) is 24.3 Å². The van der Waals surface area contributed by atoms with Crippen LogP contribution in [0.25, 0.3) is 0 Å². The molecule has 3 rings (SSSR count). The Labute approximate surface area is 147 Å². The van der Waals surface area contributed by atoms with Gasteiger partial charge in [-0.3, -0.25) is 9.59 Å². The van der Waals surface area contributed by atoms with Gasteiger partial charge in [0.1, 0.15) is 0 Å². The van der Waals surface area contributed by atoms with Crippen LogP contribution in [0.15, 0.2) is 40.9 Å². The molecule has 0 saturated heterocycles. The predicted molar refractivity (Wildman–Crippen MR) is 91.9 cm³/mol. The highest BCUT2D eigenvalue weighted by atomic mass is 79.9. The highest BCUT2D eigenvalue weighted by molar-refractivity contribution is 9.10. The maximum absolute atomic E-state index is 11.9. The molecule has 124 valence electrons. The molecule has 0 bridgehead atoms. The van der Waals surface area contributed by atoms with Gasteiger partial charge in [0.15, 0.2) is 11.5 Å². The van der Waals surface area contributed by atoms with Gasteiger partial charge in [-0.25, -0.2) is 0 Å². The summed E-state index contributed by atoms with van der Waals surface area (Å²) in [6, 6.07) is 10.7. The van der Waals surface area contributed by atoms with Crippen molar-refractivity contribution in [1.29, 1.82) is 0 Å². The van der Waals surface area contributed by atoms with Crippen molar-refractivity contribution in [3.63, 3.8) is 0 Å². The molecule has 2 aromatic carbocycles. The number of anilines is 1. The third-order valence-electron chi connectivity index (χ3n) is 3.53. The molecule has 0 fully saturated rings. The number of halogens is 1. The second kappa shape index (κ2) is 6.92. The van der Waals surface area contributed by atoms with Crippen molar-refractivity contribution in [2.45, 2.75) is 13.5 Å². The second-order valence-corrected chi connectivity index (χ2v) is 6.14. The Hall–Kier alpha value is -2.54. The maximum Gasteiger partial charge on any atom is 0.313 e. The molecule has 0 aromatic heterocycles. The van der Waals surface area contributed by atoms with Crippen LogP contribution in [0, 0.1) is 6.92 Å². The highest BCUT2D eigenvalue weighted by Gasteiger charge is 2.16. The Bertz CT molecular complexity index is 807. The van der Waals surface area contributed by atoms with Crippen LogP contribution in [0.1, 0.15) is 11.1 Å². The van der Waals surface area contributed by atoms with E-state index < -0.39 is 11.8 Å². The molecule has 0 radical (unpaired) electrons. The topological polar surface area (TPSA) is 76.7 Å². The molecule has 1 aliphatic rings. The van der Waals surface area contributed by atoms with Gasteiger partial charge >= 0.3 is 11.8 Å². The molecule has 0 aliphatic carbocycles. The summed E-state index contributed by atoms with van der Waals surface area (Å²) in [5.41, 5.74) is 2.41. The van der Waals surface area contributed by atoms with E-state index in [0.717, 1.165) is 15.6 Å². The number of aryl methyl sites for hydroxylation is 1. The second-order valence-electron chi connectivity index (χ2n) is 5.29. The van der Waals surface area contributed by atoms with E-state index in [1.165, 1.54) is 0 Å². The summed E-state index contributed by atoms with van der Waals surface area (Å²) in [5, 5.41) is 5.14. The zero-order valence-corrected chi connectivity index (χ0v) is 14.5. The van der Waals surface area contributed by atoms with Crippen LogP contribution in [0.2, 0.25) is 0 Å². The lowest BCUT2D eigenvalue weighted by Crippen LogP contribution is -2.34. The van der Waals surface area contributed by atoms with Gasteiger partial charge in [-0.15, -0.1) is 0 Å². The minimum Gasteiger partial charge on any atom is -0.454 e. The van der Waals surface area contributed by atoms with E-state index in [-0.39, 0.29) is 13.3 Å². The third-order valence-corrected chi connectivity index (χ3v) is 4.38. The van der Waals surface area contributed by atoms with Crippen LogP contribution >= 0.6 is 15.9 Å². The Balaban J connectivity index is 1.56. The average molecular weight is 391 g/mol. The summed E-state index contributed by atoms with van der Waals surface area (Å²) in [5.74, 6) is -0.112. The molecule has 7 heteroatoms. The lowest BCUT2D eigenvalue weighted by Gasteiger charge is -2.08. The molecule has 1 aliphatic heterocycles. The minimum absolute atomic E-state index is 0.194. The first-order valence-electron chi connectivity index (χ1n) is 7.27. The molecule has 2 N–H and O–H groups in total. The normalized spacial score (nSPS) is 11.9. The van der Waals surface area contributed by atoms with Crippen molar-refractivity contribution in [1.82, 2.24) is 5.32 Å². The first-order chi connectivity index (χ1) is 11.5. The van der Waals surface area contributed by atoms with Crippen LogP contribution in [-0.4, -0.2) is 18.6 Å². The van der Waals surface area contributed by atoms with Crippen LogP contribution < -0.4 is 20.1 Å². The number of carbonyl (C=O) groups is 2. The van der Waals surface area contributed by atoms with Gasteiger partial charge in [-0.05, 0) is 42.3 Å². The standard InChI is InChI=1S/C17H15BrN2O4/c1-10-2-4-12(7-13(10)18)20-17(22)16(21)19-8-11-3-5-14-15(6-11)24-9-23-14/h2-7H,8-9H2,1H3,(H,19,21)(H,20,22). The van der Waals surface area contributed by atoms with E-state index in [0.29, 0.717) is 17.2 Å². The van der Waals surface area contributed by atoms with Crippen molar-refractivity contribution in [3.8, 4) is 11.5 Å². The number of hydrogen-bond acceptors (Lipinski definition) is 4. The first kappa shape index (κ1) is 16.3. The summed E-state index contributed by atoms with van der Waals surface area (Å²) in [7, 11) is 0. The molecule has 2 amide bonds. The number of nitrogens with one attached hydrogen (secondary N) is 2. The van der Waals surface area contributed by atoms with Crippen molar-refractivity contribution < 1.29 is 19.1 Å². The fourth-order valence-electron chi connectivity index (χ4n) is 2.17. The Morgan fingerprint density at radius 2 is 1.88 bits per heavy atom. The molecule has 0 saturated carbocycles. The number of carbonyl (C=O) groups excluding carboxylic acids is 2. The Morgan fingerprint density at radius 3 is 2.67 bits per heavy atom. The molecular weight excluding hydrogens is 376 g/mol. The van der Waals surface area contributed by atoms with Gasteiger partial charge in [0.25, 0.3) is 0 Å². The molecule has 24 heavy (non-hydrogen) atoms. The molecular formula is C17H15BrN2O4. The summed E-state index contributed by atoms with van der Waals surface area (Å²) in [4.78, 5) is 23.8. The number of hydrogen-bond donors (Lipinski definition) is 2. The lowest BCUT2D eigenvalue weighted by atomic mass is 10.2. The Morgan fingerprint density at radius 1 is 1.08 bits per heavy atom. The van der Waals surface area contributed by atoms with Crippen LogP contribution in [0.5, 0.6) is 11.5 Å². The number of rotatable bonds is 3. The molecule has 0 spiro atoms. The van der Waals surface area contributed by atoms with Gasteiger partial charge in [0, 0.05) is 16.7 Å². The van der Waals surface area contributed by atoms with Crippen molar-refractivity contribution in [2.75, 3.05) is 12.1 Å². The summed E-state index contributed by atoms with van der Waals surface area (Å²) in [6.07, 6.45) is 0. The summed E-state index contributed by atoms with van der Waals surface area (Å²) < 4.78 is 11.4. The first-order valence-corrected chi connectivity index (χ1v) is 8.06. The SMILES string of the molecule is Cc1ccc(NC(=O)C(=O)NCc2ccc3c(c2)OCO3)cc1Br. The fourth-order valence-corrected chi connectivity index (χ4v) is 2.55. The van der Waals surface area contributed by atoms with E-state index in [4.69, 9.17) is 9.47 Å². The van der Waals surface area contributed by atoms with E-state index >= 15 is 0 Å². The zero-order chi connectivity index (χ0) is 17.1. The summed E-state index contributed by atoms with van der Waals surface area (Å²) in [6.45, 7) is 2.36. The molecule has 0 unspecified atom stereocenters. The van der Waals surface area contributed by atoms with E-state index in [1.807, 2.05) is 19.1 Å².